The van der Waals surface area contributed by atoms with Gasteiger partial charge in [0.15, 0.2) is 0 Å². The fourth-order valence-corrected chi connectivity index (χ4v) is 2.57. The number of carbonyl (C=O) groups is 1. The summed E-state index contributed by atoms with van der Waals surface area (Å²) in [6.45, 7) is 6.07. The van der Waals surface area contributed by atoms with Crippen molar-refractivity contribution in [3.63, 3.8) is 0 Å². The van der Waals surface area contributed by atoms with Crippen molar-refractivity contribution in [2.24, 2.45) is 0 Å². The summed E-state index contributed by atoms with van der Waals surface area (Å²) in [7, 11) is 0. The van der Waals surface area contributed by atoms with E-state index in [1.807, 2.05) is 24.3 Å². The molecule has 98 valence electrons. The molecule has 0 spiro atoms. The smallest absolute Gasteiger partial charge is 0.325 e. The van der Waals surface area contributed by atoms with Crippen molar-refractivity contribution in [3.05, 3.63) is 35.4 Å². The van der Waals surface area contributed by atoms with Gasteiger partial charge >= 0.3 is 5.97 Å². The SMILES string of the molecule is CC(C)c1ccc([C@H](C(=O)O)N2CCCC2)cc1. The van der Waals surface area contributed by atoms with Crippen molar-refractivity contribution in [3.8, 4) is 0 Å². The maximum Gasteiger partial charge on any atom is 0.325 e. The van der Waals surface area contributed by atoms with E-state index in [9.17, 15) is 9.90 Å². The molecule has 3 heteroatoms. The third-order valence-corrected chi connectivity index (χ3v) is 3.66. The predicted molar refractivity (Wildman–Crippen MR) is 71.7 cm³/mol. The van der Waals surface area contributed by atoms with E-state index in [0.29, 0.717) is 5.92 Å². The minimum atomic E-state index is -0.741. The molecule has 1 aliphatic rings. The molecule has 0 aliphatic carbocycles. The zero-order chi connectivity index (χ0) is 13.1. The Morgan fingerprint density at radius 3 is 2.06 bits per heavy atom. The number of likely N-dealkylation sites (tertiary alicyclic amines) is 1. The average Bonchev–Trinajstić information content (AvgIpc) is 2.83. The third kappa shape index (κ3) is 2.72. The summed E-state index contributed by atoms with van der Waals surface area (Å²) in [5, 5.41) is 9.42. The highest BCUT2D eigenvalue weighted by atomic mass is 16.4. The number of hydrogen-bond donors (Lipinski definition) is 1. The maximum atomic E-state index is 11.5. The topological polar surface area (TPSA) is 40.5 Å². The summed E-state index contributed by atoms with van der Waals surface area (Å²) in [5.41, 5.74) is 2.15. The van der Waals surface area contributed by atoms with Gasteiger partial charge in [0.1, 0.15) is 6.04 Å². The van der Waals surface area contributed by atoms with Crippen molar-refractivity contribution in [2.45, 2.75) is 38.6 Å². The fourth-order valence-electron chi connectivity index (χ4n) is 2.57. The molecule has 2 rings (SSSR count). The minimum absolute atomic E-state index is 0.478. The lowest BCUT2D eigenvalue weighted by Gasteiger charge is -2.24. The Morgan fingerprint density at radius 2 is 1.61 bits per heavy atom. The molecule has 1 saturated heterocycles. The van der Waals surface area contributed by atoms with Gasteiger partial charge in [0.25, 0.3) is 0 Å². The van der Waals surface area contributed by atoms with Crippen LogP contribution in [0.5, 0.6) is 0 Å². The second-order valence-corrected chi connectivity index (χ2v) is 5.31. The summed E-state index contributed by atoms with van der Waals surface area (Å²) in [6, 6.07) is 7.55. The minimum Gasteiger partial charge on any atom is -0.480 e. The first-order chi connectivity index (χ1) is 8.59. The molecule has 18 heavy (non-hydrogen) atoms. The number of benzene rings is 1. The second-order valence-electron chi connectivity index (χ2n) is 5.31. The van der Waals surface area contributed by atoms with E-state index in [1.165, 1.54) is 5.56 Å². The number of carboxylic acid groups (broad SMARTS) is 1. The molecule has 1 atom stereocenters. The number of nitrogens with zero attached hydrogens (tertiary/aromatic N) is 1. The zero-order valence-electron chi connectivity index (χ0n) is 11.1. The van der Waals surface area contributed by atoms with Crippen molar-refractivity contribution in [1.82, 2.24) is 4.90 Å². The van der Waals surface area contributed by atoms with Crippen LogP contribution in [0.3, 0.4) is 0 Å². The van der Waals surface area contributed by atoms with Gasteiger partial charge in [-0.1, -0.05) is 38.1 Å². The van der Waals surface area contributed by atoms with Crippen molar-refractivity contribution < 1.29 is 9.90 Å². The third-order valence-electron chi connectivity index (χ3n) is 3.66. The lowest BCUT2D eigenvalue weighted by molar-refractivity contribution is -0.143. The molecule has 1 aromatic rings. The maximum absolute atomic E-state index is 11.5. The quantitative estimate of drug-likeness (QED) is 0.889. The van der Waals surface area contributed by atoms with Gasteiger partial charge in [0.05, 0.1) is 0 Å². The second kappa shape index (κ2) is 5.53. The summed E-state index contributed by atoms with van der Waals surface area (Å²) in [6.07, 6.45) is 2.21. The number of rotatable bonds is 4. The monoisotopic (exact) mass is 247 g/mol. The number of hydrogen-bond acceptors (Lipinski definition) is 2. The molecule has 0 aromatic heterocycles. The molecular weight excluding hydrogens is 226 g/mol. The highest BCUT2D eigenvalue weighted by Crippen LogP contribution is 2.26. The Hall–Kier alpha value is -1.35. The summed E-state index contributed by atoms with van der Waals surface area (Å²) < 4.78 is 0. The summed E-state index contributed by atoms with van der Waals surface area (Å²) >= 11 is 0. The molecule has 0 amide bonds. The van der Waals surface area contributed by atoms with Crippen molar-refractivity contribution in [1.29, 1.82) is 0 Å². The van der Waals surface area contributed by atoms with Gasteiger partial charge in [0.2, 0.25) is 0 Å². The van der Waals surface area contributed by atoms with Gasteiger partial charge in [-0.25, -0.2) is 0 Å². The van der Waals surface area contributed by atoms with Crippen LogP contribution in [-0.2, 0) is 4.79 Å². The van der Waals surface area contributed by atoms with E-state index < -0.39 is 12.0 Å². The van der Waals surface area contributed by atoms with Gasteiger partial charge < -0.3 is 5.11 Å². The van der Waals surface area contributed by atoms with Crippen LogP contribution in [0.15, 0.2) is 24.3 Å². The zero-order valence-corrected chi connectivity index (χ0v) is 11.1. The molecule has 0 unspecified atom stereocenters. The van der Waals surface area contributed by atoms with Gasteiger partial charge in [-0.2, -0.15) is 0 Å². The Morgan fingerprint density at radius 1 is 1.11 bits per heavy atom. The van der Waals surface area contributed by atoms with E-state index in [2.05, 4.69) is 18.7 Å². The molecule has 0 radical (unpaired) electrons. The molecule has 1 heterocycles. The van der Waals surface area contributed by atoms with E-state index in [-0.39, 0.29) is 0 Å². The standard InChI is InChI=1S/C15H21NO2/c1-11(2)12-5-7-13(8-6-12)14(15(17)18)16-9-3-4-10-16/h5-8,11,14H,3-4,9-10H2,1-2H3,(H,17,18)/t14-/m1/s1. The predicted octanol–water partition coefficient (Wildman–Crippen LogP) is 3.03. The van der Waals surface area contributed by atoms with E-state index >= 15 is 0 Å². The Balaban J connectivity index is 2.22. The molecule has 0 saturated carbocycles. The fraction of sp³-hybridized carbons (Fsp3) is 0.533. The molecule has 3 nitrogen and oxygen atoms in total. The highest BCUT2D eigenvalue weighted by Gasteiger charge is 2.29. The van der Waals surface area contributed by atoms with Crippen LogP contribution in [0.25, 0.3) is 0 Å². The normalized spacial score (nSPS) is 18.2. The van der Waals surface area contributed by atoms with Crippen LogP contribution < -0.4 is 0 Å². The molecule has 1 aromatic carbocycles. The van der Waals surface area contributed by atoms with Crippen LogP contribution in [0, 0.1) is 0 Å². The molecule has 1 aliphatic heterocycles. The van der Waals surface area contributed by atoms with Crippen LogP contribution >= 0.6 is 0 Å². The van der Waals surface area contributed by atoms with Crippen LogP contribution in [0.2, 0.25) is 0 Å². The van der Waals surface area contributed by atoms with Gasteiger partial charge in [-0.05, 0) is 43.0 Å². The van der Waals surface area contributed by atoms with Gasteiger partial charge in [-0.3, -0.25) is 9.69 Å². The summed E-state index contributed by atoms with van der Waals surface area (Å²) in [4.78, 5) is 13.5. The molecular formula is C15H21NO2. The Labute approximate surface area is 108 Å². The van der Waals surface area contributed by atoms with Crippen LogP contribution in [-0.4, -0.2) is 29.1 Å². The molecule has 0 bridgehead atoms. The Kier molecular flexibility index (Phi) is 4.02. The van der Waals surface area contributed by atoms with E-state index in [4.69, 9.17) is 0 Å². The van der Waals surface area contributed by atoms with E-state index in [0.717, 1.165) is 31.5 Å². The lowest BCUT2D eigenvalue weighted by Crippen LogP contribution is -2.31. The van der Waals surface area contributed by atoms with Crippen LogP contribution in [0.1, 0.15) is 49.8 Å². The summed E-state index contributed by atoms with van der Waals surface area (Å²) in [5.74, 6) is -0.261. The largest absolute Gasteiger partial charge is 0.480 e. The molecule has 1 N–H and O–H groups in total. The van der Waals surface area contributed by atoms with Gasteiger partial charge in [-0.15, -0.1) is 0 Å². The highest BCUT2D eigenvalue weighted by molar-refractivity contribution is 5.75. The molecule has 1 fully saturated rings. The first-order valence-electron chi connectivity index (χ1n) is 6.66. The van der Waals surface area contributed by atoms with E-state index in [1.54, 1.807) is 0 Å². The number of aliphatic carboxylic acids is 1. The number of carboxylic acids is 1. The first-order valence-corrected chi connectivity index (χ1v) is 6.66. The Bertz CT molecular complexity index is 405. The van der Waals surface area contributed by atoms with Crippen molar-refractivity contribution >= 4 is 5.97 Å². The van der Waals surface area contributed by atoms with Crippen molar-refractivity contribution in [2.75, 3.05) is 13.1 Å². The average molecular weight is 247 g/mol. The van der Waals surface area contributed by atoms with Crippen LogP contribution in [0.4, 0.5) is 0 Å². The first kappa shape index (κ1) is 13.1. The van der Waals surface area contributed by atoms with Gasteiger partial charge in [0, 0.05) is 0 Å². The lowest BCUT2D eigenvalue weighted by atomic mass is 9.98.